The Kier molecular flexibility index (Phi) is 32.9. The molecular formula is C56H85NO8. The second-order valence-electron chi connectivity index (χ2n) is 16.6. The van der Waals surface area contributed by atoms with Crippen molar-refractivity contribution in [2.75, 3.05) is 92.4 Å². The minimum atomic E-state index is -0.766. The molecule has 0 saturated heterocycles. The lowest BCUT2D eigenvalue weighted by atomic mass is 9.80. The lowest BCUT2D eigenvalue weighted by Crippen LogP contribution is -2.45. The summed E-state index contributed by atoms with van der Waals surface area (Å²) in [5.74, 6) is 0.00404. The number of ether oxygens (including phenoxy) is 7. The lowest BCUT2D eigenvalue weighted by Gasteiger charge is -2.36. The summed E-state index contributed by atoms with van der Waals surface area (Å²) in [6, 6.07) is 31.1. The molecule has 0 spiro atoms. The molecule has 9 heteroatoms. The van der Waals surface area contributed by atoms with E-state index in [2.05, 4.69) is 92.9 Å². The molecule has 0 bridgehead atoms. The highest BCUT2D eigenvalue weighted by Gasteiger charge is 2.37. The summed E-state index contributed by atoms with van der Waals surface area (Å²) in [7, 11) is 0. The molecule has 3 aromatic rings. The number of carbonyl (C=O) groups is 1. The van der Waals surface area contributed by atoms with E-state index in [1.807, 2.05) is 35.3 Å². The fourth-order valence-electron chi connectivity index (χ4n) is 7.77. The van der Waals surface area contributed by atoms with Gasteiger partial charge in [0.2, 0.25) is 0 Å². The third-order valence-electron chi connectivity index (χ3n) is 11.4. The second kappa shape index (κ2) is 38.4. The van der Waals surface area contributed by atoms with Crippen molar-refractivity contribution in [1.82, 2.24) is 4.90 Å². The summed E-state index contributed by atoms with van der Waals surface area (Å²) < 4.78 is 42.6. The number of amides is 1. The topological polar surface area (TPSA) is 84.9 Å². The van der Waals surface area contributed by atoms with Crippen LogP contribution in [-0.2, 0) is 43.6 Å². The Hall–Kier alpha value is -3.67. The molecule has 3 rings (SSSR count). The fourth-order valence-corrected chi connectivity index (χ4v) is 7.77. The molecule has 1 atom stereocenters. The maximum Gasteiger partial charge on any atom is 0.254 e. The number of allylic oxidation sites excluding steroid dienone is 2. The van der Waals surface area contributed by atoms with Crippen LogP contribution < -0.4 is 0 Å². The standard InChI is InChI=1S/C56H85NO8/c1-4-7-10-13-16-28-37-57(55(58)54(64-40-30-18-15-12-9-6-3)50-63-39-29-17-14-11-8-5-2)38-41-59-42-43-60-44-45-61-46-47-62-48-49-65-56(51-31-22-19-23-32-51,52-33-24-20-25-34-52)53-35-26-21-27-36-53/h5-6,19-27,31-36,54H,2-4,7-18,28-30,37-50H2,1H3. The van der Waals surface area contributed by atoms with E-state index >= 15 is 0 Å². The van der Waals surface area contributed by atoms with Gasteiger partial charge >= 0.3 is 0 Å². The maximum atomic E-state index is 14.0. The second-order valence-corrected chi connectivity index (χ2v) is 16.6. The van der Waals surface area contributed by atoms with Gasteiger partial charge in [-0.05, 0) is 61.6 Å². The molecule has 0 N–H and O–H groups in total. The molecule has 1 unspecified atom stereocenters. The molecule has 1 amide bonds. The van der Waals surface area contributed by atoms with Crippen molar-refractivity contribution in [2.24, 2.45) is 0 Å². The van der Waals surface area contributed by atoms with Gasteiger partial charge in [0.1, 0.15) is 5.60 Å². The fraction of sp³-hybridized carbons (Fsp3) is 0.589. The molecule has 3 aromatic carbocycles. The Morgan fingerprint density at radius 1 is 0.492 bits per heavy atom. The van der Waals surface area contributed by atoms with Crippen molar-refractivity contribution < 1.29 is 38.0 Å². The summed E-state index contributed by atoms with van der Waals surface area (Å²) in [6.07, 6.45) is 21.1. The lowest BCUT2D eigenvalue weighted by molar-refractivity contribution is -0.149. The monoisotopic (exact) mass is 900 g/mol. The van der Waals surface area contributed by atoms with Crippen molar-refractivity contribution in [1.29, 1.82) is 0 Å². The zero-order valence-corrected chi connectivity index (χ0v) is 40.2. The van der Waals surface area contributed by atoms with E-state index in [1.54, 1.807) is 0 Å². The molecule has 65 heavy (non-hydrogen) atoms. The number of unbranched alkanes of at least 4 members (excludes halogenated alkanes) is 13. The van der Waals surface area contributed by atoms with Gasteiger partial charge in [-0.2, -0.15) is 0 Å². The van der Waals surface area contributed by atoms with E-state index in [9.17, 15) is 4.79 Å². The first-order valence-corrected chi connectivity index (χ1v) is 25.0. The summed E-state index contributed by atoms with van der Waals surface area (Å²) in [6.45, 7) is 16.6. The Morgan fingerprint density at radius 3 is 1.43 bits per heavy atom. The van der Waals surface area contributed by atoms with E-state index in [0.717, 1.165) is 87.3 Å². The van der Waals surface area contributed by atoms with Gasteiger partial charge in [0, 0.05) is 26.3 Å². The quantitative estimate of drug-likeness (QED) is 0.0315. The van der Waals surface area contributed by atoms with Crippen molar-refractivity contribution in [3.8, 4) is 0 Å². The smallest absolute Gasteiger partial charge is 0.254 e. The molecule has 0 fully saturated rings. The Balaban J connectivity index is 1.36. The minimum Gasteiger partial charge on any atom is -0.378 e. The van der Waals surface area contributed by atoms with Crippen LogP contribution in [0, 0.1) is 0 Å². The van der Waals surface area contributed by atoms with Crippen LogP contribution in [-0.4, -0.2) is 109 Å². The number of benzene rings is 3. The number of nitrogens with zero attached hydrogens (tertiary/aromatic N) is 1. The number of rotatable bonds is 44. The molecular weight excluding hydrogens is 815 g/mol. The van der Waals surface area contributed by atoms with E-state index < -0.39 is 11.7 Å². The van der Waals surface area contributed by atoms with Gasteiger partial charge in [0.15, 0.2) is 6.10 Å². The first-order chi connectivity index (χ1) is 32.2. The van der Waals surface area contributed by atoms with Crippen LogP contribution >= 0.6 is 0 Å². The zero-order valence-electron chi connectivity index (χ0n) is 40.2. The van der Waals surface area contributed by atoms with Gasteiger partial charge in [-0.15, -0.1) is 13.2 Å². The molecule has 0 aliphatic carbocycles. The minimum absolute atomic E-state index is 0.00404. The predicted molar refractivity (Wildman–Crippen MR) is 266 cm³/mol. The average molecular weight is 900 g/mol. The van der Waals surface area contributed by atoms with Crippen LogP contribution in [0.25, 0.3) is 0 Å². The number of carbonyl (C=O) groups excluding carboxylic acids is 1. The summed E-state index contributed by atoms with van der Waals surface area (Å²) in [4.78, 5) is 15.9. The van der Waals surface area contributed by atoms with Crippen molar-refractivity contribution in [2.45, 2.75) is 121 Å². The largest absolute Gasteiger partial charge is 0.378 e. The first-order valence-electron chi connectivity index (χ1n) is 25.0. The van der Waals surface area contributed by atoms with Gasteiger partial charge < -0.3 is 38.1 Å². The average Bonchev–Trinajstić information content (AvgIpc) is 3.34. The molecule has 0 aliphatic rings. The predicted octanol–water partition coefficient (Wildman–Crippen LogP) is 11.9. The third-order valence-corrected chi connectivity index (χ3v) is 11.4. The highest BCUT2D eigenvalue weighted by atomic mass is 16.6. The molecule has 0 saturated carbocycles. The Labute approximate surface area is 394 Å². The van der Waals surface area contributed by atoms with Gasteiger partial charge in [-0.25, -0.2) is 0 Å². The summed E-state index contributed by atoms with van der Waals surface area (Å²) >= 11 is 0. The Bertz CT molecular complexity index is 1460. The van der Waals surface area contributed by atoms with Crippen LogP contribution in [0.5, 0.6) is 0 Å². The SMILES string of the molecule is C=CCCCCCCOCC(OCCCCCCC=C)C(=O)N(CCCCCCCC)CCOCCOCCOCCOCCOC(c1ccccc1)(c1ccccc1)c1ccccc1. The first kappa shape index (κ1) is 55.7. The third kappa shape index (κ3) is 24.1. The molecule has 362 valence electrons. The molecule has 0 aliphatic heterocycles. The molecule has 0 heterocycles. The van der Waals surface area contributed by atoms with Crippen molar-refractivity contribution in [3.63, 3.8) is 0 Å². The van der Waals surface area contributed by atoms with Gasteiger partial charge in [0.25, 0.3) is 5.91 Å². The maximum absolute atomic E-state index is 14.0. The molecule has 0 radical (unpaired) electrons. The Morgan fingerprint density at radius 2 is 0.923 bits per heavy atom. The van der Waals surface area contributed by atoms with Crippen LogP contribution in [0.1, 0.15) is 126 Å². The van der Waals surface area contributed by atoms with Crippen molar-refractivity contribution >= 4 is 5.91 Å². The normalized spacial score (nSPS) is 12.0. The van der Waals surface area contributed by atoms with Crippen LogP contribution in [0.4, 0.5) is 0 Å². The number of hydrogen-bond donors (Lipinski definition) is 0. The van der Waals surface area contributed by atoms with Crippen LogP contribution in [0.2, 0.25) is 0 Å². The summed E-state index contributed by atoms with van der Waals surface area (Å²) in [5.41, 5.74) is 2.43. The van der Waals surface area contributed by atoms with Crippen molar-refractivity contribution in [3.05, 3.63) is 133 Å². The van der Waals surface area contributed by atoms with E-state index in [-0.39, 0.29) is 12.5 Å². The van der Waals surface area contributed by atoms with Gasteiger partial charge in [-0.1, -0.05) is 168 Å². The van der Waals surface area contributed by atoms with Crippen LogP contribution in [0.3, 0.4) is 0 Å². The highest BCUT2D eigenvalue weighted by molar-refractivity contribution is 5.81. The van der Waals surface area contributed by atoms with E-state index in [1.165, 1.54) is 32.1 Å². The van der Waals surface area contributed by atoms with Gasteiger partial charge in [0.05, 0.1) is 66.1 Å². The zero-order chi connectivity index (χ0) is 46.1. The van der Waals surface area contributed by atoms with Gasteiger partial charge in [-0.3, -0.25) is 4.79 Å². The summed E-state index contributed by atoms with van der Waals surface area (Å²) in [5, 5.41) is 0. The van der Waals surface area contributed by atoms with Crippen LogP contribution in [0.15, 0.2) is 116 Å². The molecule has 9 nitrogen and oxygen atoms in total. The highest BCUT2D eigenvalue weighted by Crippen LogP contribution is 2.40. The molecule has 0 aromatic heterocycles. The van der Waals surface area contributed by atoms with E-state index in [4.69, 9.17) is 33.2 Å². The van der Waals surface area contributed by atoms with E-state index in [0.29, 0.717) is 85.8 Å². The number of hydrogen-bond acceptors (Lipinski definition) is 8.